The van der Waals surface area contributed by atoms with Crippen LogP contribution < -0.4 is 10.6 Å². The standard InChI is InChI=1S/C23H26N2O6/c1-30-12-6-11-20(22(27)28)25-21(26)13-24-23(29)31-14-19-17-9-4-2-7-15(17)16-8-3-5-10-18(16)19/h2-5,7-10,19-20H,6,11-14H2,1H3,(H,24,29)(H,25,26)(H,27,28). The molecular weight excluding hydrogens is 400 g/mol. The number of hydrogen-bond donors (Lipinski definition) is 3. The van der Waals surface area contributed by atoms with Crippen LogP contribution in [0.4, 0.5) is 4.79 Å². The van der Waals surface area contributed by atoms with Crippen molar-refractivity contribution < 1.29 is 29.0 Å². The fourth-order valence-electron chi connectivity index (χ4n) is 3.74. The zero-order valence-corrected chi connectivity index (χ0v) is 17.3. The second-order valence-corrected chi connectivity index (χ2v) is 7.27. The fraction of sp³-hybridized carbons (Fsp3) is 0.348. The van der Waals surface area contributed by atoms with Crippen molar-refractivity contribution in [2.75, 3.05) is 26.9 Å². The number of carbonyl (C=O) groups excluding carboxylic acids is 2. The number of carboxylic acids is 1. The number of methoxy groups -OCH3 is 1. The second kappa shape index (κ2) is 10.6. The Kier molecular flexibility index (Phi) is 7.61. The maximum absolute atomic E-state index is 12.1. The Bertz CT molecular complexity index is 900. The molecule has 2 amide bonds. The predicted molar refractivity (Wildman–Crippen MR) is 114 cm³/mol. The van der Waals surface area contributed by atoms with Gasteiger partial charge in [0, 0.05) is 19.6 Å². The molecule has 0 spiro atoms. The fourth-order valence-corrected chi connectivity index (χ4v) is 3.74. The highest BCUT2D eigenvalue weighted by molar-refractivity contribution is 5.86. The van der Waals surface area contributed by atoms with Crippen molar-refractivity contribution in [1.29, 1.82) is 0 Å². The number of aliphatic carboxylic acids is 1. The normalized spacial score (nSPS) is 13.1. The first-order chi connectivity index (χ1) is 15.0. The number of hydrogen-bond acceptors (Lipinski definition) is 5. The van der Waals surface area contributed by atoms with Gasteiger partial charge < -0.3 is 25.2 Å². The van der Waals surface area contributed by atoms with Gasteiger partial charge in [-0.2, -0.15) is 0 Å². The van der Waals surface area contributed by atoms with Gasteiger partial charge in [0.1, 0.15) is 19.2 Å². The lowest BCUT2D eigenvalue weighted by molar-refractivity contribution is -0.141. The summed E-state index contributed by atoms with van der Waals surface area (Å²) in [4.78, 5) is 35.4. The van der Waals surface area contributed by atoms with Crippen LogP contribution in [0.3, 0.4) is 0 Å². The van der Waals surface area contributed by atoms with Crippen LogP contribution in [0.1, 0.15) is 29.9 Å². The number of rotatable bonds is 10. The highest BCUT2D eigenvalue weighted by Gasteiger charge is 2.29. The summed E-state index contributed by atoms with van der Waals surface area (Å²) < 4.78 is 10.2. The molecule has 3 rings (SSSR count). The minimum atomic E-state index is -1.13. The van der Waals surface area contributed by atoms with Crippen molar-refractivity contribution in [2.45, 2.75) is 24.8 Å². The minimum Gasteiger partial charge on any atom is -0.480 e. The molecule has 1 aliphatic carbocycles. The lowest BCUT2D eigenvalue weighted by atomic mass is 9.98. The van der Waals surface area contributed by atoms with Gasteiger partial charge in [-0.15, -0.1) is 0 Å². The number of benzene rings is 2. The molecule has 8 nitrogen and oxygen atoms in total. The van der Waals surface area contributed by atoms with Gasteiger partial charge in [0.15, 0.2) is 0 Å². The first-order valence-electron chi connectivity index (χ1n) is 10.1. The van der Waals surface area contributed by atoms with Crippen molar-refractivity contribution in [2.24, 2.45) is 0 Å². The van der Waals surface area contributed by atoms with E-state index in [2.05, 4.69) is 10.6 Å². The number of fused-ring (bicyclic) bond motifs is 3. The van der Waals surface area contributed by atoms with E-state index in [1.807, 2.05) is 48.5 Å². The molecule has 0 bridgehead atoms. The Morgan fingerprint density at radius 1 is 1.03 bits per heavy atom. The first-order valence-corrected chi connectivity index (χ1v) is 10.1. The van der Waals surface area contributed by atoms with Crippen LogP contribution in [0.15, 0.2) is 48.5 Å². The van der Waals surface area contributed by atoms with Gasteiger partial charge in [0.25, 0.3) is 0 Å². The molecule has 3 N–H and O–H groups in total. The largest absolute Gasteiger partial charge is 0.480 e. The monoisotopic (exact) mass is 426 g/mol. The minimum absolute atomic E-state index is 0.0795. The van der Waals surface area contributed by atoms with E-state index in [-0.39, 0.29) is 25.5 Å². The van der Waals surface area contributed by atoms with Crippen LogP contribution in [0.5, 0.6) is 0 Å². The summed E-state index contributed by atoms with van der Waals surface area (Å²) in [6, 6.07) is 14.9. The summed E-state index contributed by atoms with van der Waals surface area (Å²) in [5.74, 6) is -1.81. The first kappa shape index (κ1) is 22.3. The highest BCUT2D eigenvalue weighted by Crippen LogP contribution is 2.44. The number of nitrogens with one attached hydrogen (secondary N) is 2. The van der Waals surface area contributed by atoms with Gasteiger partial charge in [-0.05, 0) is 35.1 Å². The zero-order chi connectivity index (χ0) is 22.2. The maximum atomic E-state index is 12.1. The summed E-state index contributed by atoms with van der Waals surface area (Å²) in [5, 5.41) is 14.0. The molecule has 164 valence electrons. The van der Waals surface area contributed by atoms with Crippen LogP contribution in [0, 0.1) is 0 Å². The van der Waals surface area contributed by atoms with E-state index in [0.717, 1.165) is 22.3 Å². The number of ether oxygens (including phenoxy) is 2. The van der Waals surface area contributed by atoms with Gasteiger partial charge in [0.2, 0.25) is 5.91 Å². The molecule has 31 heavy (non-hydrogen) atoms. The highest BCUT2D eigenvalue weighted by atomic mass is 16.5. The Morgan fingerprint density at radius 3 is 2.23 bits per heavy atom. The average molecular weight is 426 g/mol. The third kappa shape index (κ3) is 5.61. The Hall–Kier alpha value is -3.39. The van der Waals surface area contributed by atoms with Crippen molar-refractivity contribution in [3.63, 3.8) is 0 Å². The number of carboxylic acid groups (broad SMARTS) is 1. The van der Waals surface area contributed by atoms with E-state index in [1.165, 1.54) is 7.11 Å². The lowest BCUT2D eigenvalue weighted by Crippen LogP contribution is -2.45. The van der Waals surface area contributed by atoms with E-state index < -0.39 is 24.0 Å². The second-order valence-electron chi connectivity index (χ2n) is 7.27. The maximum Gasteiger partial charge on any atom is 0.407 e. The van der Waals surface area contributed by atoms with Crippen LogP contribution in [0.25, 0.3) is 11.1 Å². The molecular formula is C23H26N2O6. The van der Waals surface area contributed by atoms with E-state index in [4.69, 9.17) is 9.47 Å². The molecule has 0 fully saturated rings. The Morgan fingerprint density at radius 2 is 1.65 bits per heavy atom. The van der Waals surface area contributed by atoms with E-state index in [0.29, 0.717) is 13.0 Å². The summed E-state index contributed by atoms with van der Waals surface area (Å²) in [6.45, 7) is 0.165. The molecule has 2 aromatic carbocycles. The molecule has 1 atom stereocenters. The Labute approximate surface area is 180 Å². The summed E-state index contributed by atoms with van der Waals surface area (Å²) >= 11 is 0. The number of carbonyl (C=O) groups is 3. The molecule has 0 aliphatic heterocycles. The van der Waals surface area contributed by atoms with Gasteiger partial charge >= 0.3 is 12.1 Å². The van der Waals surface area contributed by atoms with E-state index in [1.54, 1.807) is 0 Å². The smallest absolute Gasteiger partial charge is 0.407 e. The van der Waals surface area contributed by atoms with Crippen LogP contribution in [-0.2, 0) is 19.1 Å². The van der Waals surface area contributed by atoms with Crippen molar-refractivity contribution in [3.05, 3.63) is 59.7 Å². The summed E-state index contributed by atoms with van der Waals surface area (Å²) in [7, 11) is 1.52. The molecule has 2 aromatic rings. The average Bonchev–Trinajstić information content (AvgIpc) is 3.09. The Balaban J connectivity index is 1.49. The summed E-state index contributed by atoms with van der Waals surface area (Å²) in [5.41, 5.74) is 4.43. The van der Waals surface area contributed by atoms with Gasteiger partial charge in [-0.3, -0.25) is 4.79 Å². The third-order valence-corrected chi connectivity index (χ3v) is 5.21. The van der Waals surface area contributed by atoms with Crippen LogP contribution in [-0.4, -0.2) is 56.0 Å². The van der Waals surface area contributed by atoms with Gasteiger partial charge in [-0.25, -0.2) is 9.59 Å². The number of amides is 2. The van der Waals surface area contributed by atoms with Gasteiger partial charge in [-0.1, -0.05) is 48.5 Å². The van der Waals surface area contributed by atoms with Crippen LogP contribution >= 0.6 is 0 Å². The molecule has 1 aliphatic rings. The molecule has 0 heterocycles. The SMILES string of the molecule is COCCCC(NC(=O)CNC(=O)OCC1c2ccccc2-c2ccccc21)C(=O)O. The molecule has 1 unspecified atom stereocenters. The number of alkyl carbamates (subject to hydrolysis) is 1. The zero-order valence-electron chi connectivity index (χ0n) is 17.3. The summed E-state index contributed by atoms with van der Waals surface area (Å²) in [6.07, 6.45) is -0.00351. The molecule has 0 radical (unpaired) electrons. The van der Waals surface area contributed by atoms with E-state index in [9.17, 15) is 19.5 Å². The molecule has 0 saturated heterocycles. The quantitative estimate of drug-likeness (QED) is 0.503. The van der Waals surface area contributed by atoms with Crippen molar-refractivity contribution >= 4 is 18.0 Å². The van der Waals surface area contributed by atoms with Crippen molar-refractivity contribution in [1.82, 2.24) is 10.6 Å². The topological polar surface area (TPSA) is 114 Å². The van der Waals surface area contributed by atoms with Crippen LogP contribution in [0.2, 0.25) is 0 Å². The third-order valence-electron chi connectivity index (χ3n) is 5.21. The van der Waals surface area contributed by atoms with Gasteiger partial charge in [0.05, 0.1) is 0 Å². The molecule has 0 aromatic heterocycles. The molecule has 8 heteroatoms. The molecule has 0 saturated carbocycles. The predicted octanol–water partition coefficient (Wildman–Crippen LogP) is 2.52. The van der Waals surface area contributed by atoms with E-state index >= 15 is 0 Å². The van der Waals surface area contributed by atoms with Crippen molar-refractivity contribution in [3.8, 4) is 11.1 Å². The lowest BCUT2D eigenvalue weighted by Gasteiger charge is -2.16.